The number of Topliss-reactive ketones (excluding diaryl/α,β-unsaturated/α-hetero) is 1. The Morgan fingerprint density at radius 3 is 2.47 bits per heavy atom. The molecule has 0 atom stereocenters. The van der Waals surface area contributed by atoms with Gasteiger partial charge in [-0.1, -0.05) is 6.07 Å². The molecule has 98 valence electrons. The van der Waals surface area contributed by atoms with Crippen molar-refractivity contribution in [2.24, 2.45) is 0 Å². The summed E-state index contributed by atoms with van der Waals surface area (Å²) in [5, 5.41) is 0. The molecule has 0 fully saturated rings. The van der Waals surface area contributed by atoms with Crippen LogP contribution in [0.1, 0.15) is 29.4 Å². The Balaban J connectivity index is 2.47. The van der Waals surface area contributed by atoms with E-state index >= 15 is 0 Å². The minimum absolute atomic E-state index is 0.0777. The quantitative estimate of drug-likeness (QED) is 0.844. The third-order valence-electron chi connectivity index (χ3n) is 3.23. The molecule has 0 saturated carbocycles. The zero-order valence-corrected chi connectivity index (χ0v) is 11.8. The third-order valence-corrected chi connectivity index (χ3v) is 3.23. The van der Waals surface area contributed by atoms with Crippen LogP contribution in [0.3, 0.4) is 0 Å². The number of ketones is 1. The molecule has 0 bridgehead atoms. The van der Waals surface area contributed by atoms with Crippen LogP contribution in [-0.4, -0.2) is 15.8 Å². The van der Waals surface area contributed by atoms with Gasteiger partial charge in [-0.2, -0.15) is 0 Å². The lowest BCUT2D eigenvalue weighted by Crippen LogP contribution is -2.03. The standard InChI is InChI=1S/C16H18N2O/c1-10-7-12(3)14(8-11(10)2)15-5-6-17-16(18-15)9-13(4)19/h5-8H,9H2,1-4H3. The Morgan fingerprint density at radius 2 is 1.79 bits per heavy atom. The fraction of sp³-hybridized carbons (Fsp3) is 0.312. The number of nitrogens with zero attached hydrogens (tertiary/aromatic N) is 2. The first-order valence-corrected chi connectivity index (χ1v) is 6.37. The summed E-state index contributed by atoms with van der Waals surface area (Å²) in [6, 6.07) is 6.20. The van der Waals surface area contributed by atoms with Crippen LogP contribution in [0.5, 0.6) is 0 Å². The number of aromatic nitrogens is 2. The van der Waals surface area contributed by atoms with E-state index in [1.165, 1.54) is 16.7 Å². The average Bonchev–Trinajstić information content (AvgIpc) is 2.33. The molecule has 1 aromatic carbocycles. The summed E-state index contributed by atoms with van der Waals surface area (Å²) < 4.78 is 0. The second-order valence-electron chi connectivity index (χ2n) is 4.99. The van der Waals surface area contributed by atoms with Gasteiger partial charge in [0.05, 0.1) is 12.1 Å². The number of hydrogen-bond donors (Lipinski definition) is 0. The van der Waals surface area contributed by atoms with Crippen molar-refractivity contribution in [3.05, 3.63) is 46.9 Å². The molecule has 1 aromatic heterocycles. The van der Waals surface area contributed by atoms with Crippen molar-refractivity contribution in [2.75, 3.05) is 0 Å². The zero-order valence-electron chi connectivity index (χ0n) is 11.8. The van der Waals surface area contributed by atoms with Gasteiger partial charge in [0.15, 0.2) is 0 Å². The Bertz CT molecular complexity index is 633. The molecule has 3 nitrogen and oxygen atoms in total. The number of rotatable bonds is 3. The summed E-state index contributed by atoms with van der Waals surface area (Å²) >= 11 is 0. The van der Waals surface area contributed by atoms with Crippen LogP contribution in [0.25, 0.3) is 11.3 Å². The summed E-state index contributed by atoms with van der Waals surface area (Å²) in [5.74, 6) is 0.664. The van der Waals surface area contributed by atoms with Gasteiger partial charge >= 0.3 is 0 Å². The summed E-state index contributed by atoms with van der Waals surface area (Å²) in [6.45, 7) is 7.83. The fourth-order valence-electron chi connectivity index (χ4n) is 2.09. The summed E-state index contributed by atoms with van der Waals surface area (Å²) in [7, 11) is 0. The predicted molar refractivity (Wildman–Crippen MR) is 76.1 cm³/mol. The Kier molecular flexibility index (Phi) is 3.74. The van der Waals surface area contributed by atoms with Crippen molar-refractivity contribution in [3.63, 3.8) is 0 Å². The maximum Gasteiger partial charge on any atom is 0.137 e. The second kappa shape index (κ2) is 5.31. The monoisotopic (exact) mass is 254 g/mol. The summed E-state index contributed by atoms with van der Waals surface area (Å²) in [4.78, 5) is 19.8. The molecule has 0 N–H and O–H groups in total. The molecule has 2 aromatic rings. The SMILES string of the molecule is CC(=O)Cc1nccc(-c2cc(C)c(C)cc2C)n1. The Morgan fingerprint density at radius 1 is 1.11 bits per heavy atom. The van der Waals surface area contributed by atoms with Gasteiger partial charge in [0.1, 0.15) is 11.6 Å². The lowest BCUT2D eigenvalue weighted by atomic mass is 9.98. The van der Waals surface area contributed by atoms with Crippen LogP contribution >= 0.6 is 0 Å². The second-order valence-corrected chi connectivity index (χ2v) is 4.99. The largest absolute Gasteiger partial charge is 0.300 e. The number of benzene rings is 1. The van der Waals surface area contributed by atoms with Gasteiger partial charge in [-0.3, -0.25) is 4.79 Å². The smallest absolute Gasteiger partial charge is 0.137 e. The minimum Gasteiger partial charge on any atom is -0.300 e. The number of hydrogen-bond acceptors (Lipinski definition) is 3. The van der Waals surface area contributed by atoms with Crippen LogP contribution in [0.15, 0.2) is 24.4 Å². The Labute approximate surface area is 113 Å². The van der Waals surface area contributed by atoms with Gasteiger partial charge in [-0.05, 0) is 56.5 Å². The molecule has 0 amide bonds. The van der Waals surface area contributed by atoms with Crippen molar-refractivity contribution in [2.45, 2.75) is 34.1 Å². The van der Waals surface area contributed by atoms with Crippen LogP contribution < -0.4 is 0 Å². The van der Waals surface area contributed by atoms with Crippen molar-refractivity contribution in [1.82, 2.24) is 9.97 Å². The maximum absolute atomic E-state index is 11.1. The molecular formula is C16H18N2O. The van der Waals surface area contributed by atoms with Gasteiger partial charge in [0, 0.05) is 11.8 Å². The lowest BCUT2D eigenvalue weighted by molar-refractivity contribution is -0.116. The highest BCUT2D eigenvalue weighted by Crippen LogP contribution is 2.24. The number of aryl methyl sites for hydroxylation is 3. The van der Waals surface area contributed by atoms with E-state index in [2.05, 4.69) is 42.9 Å². The normalized spacial score (nSPS) is 10.5. The van der Waals surface area contributed by atoms with Gasteiger partial charge in [0.25, 0.3) is 0 Å². The topological polar surface area (TPSA) is 42.9 Å². The molecule has 0 saturated heterocycles. The van der Waals surface area contributed by atoms with E-state index in [1.54, 1.807) is 13.1 Å². The summed E-state index contributed by atoms with van der Waals surface area (Å²) in [6.07, 6.45) is 2.01. The van der Waals surface area contributed by atoms with Gasteiger partial charge < -0.3 is 0 Å². The molecule has 0 radical (unpaired) electrons. The molecule has 1 heterocycles. The molecule has 0 unspecified atom stereocenters. The van der Waals surface area contributed by atoms with E-state index < -0.39 is 0 Å². The molecule has 19 heavy (non-hydrogen) atoms. The highest BCUT2D eigenvalue weighted by Gasteiger charge is 2.08. The molecule has 2 rings (SSSR count). The molecular weight excluding hydrogens is 236 g/mol. The van der Waals surface area contributed by atoms with E-state index in [0.29, 0.717) is 5.82 Å². The van der Waals surface area contributed by atoms with Crippen LogP contribution in [0.4, 0.5) is 0 Å². The highest BCUT2D eigenvalue weighted by molar-refractivity contribution is 5.77. The summed E-state index contributed by atoms with van der Waals surface area (Å²) in [5.41, 5.74) is 5.70. The highest BCUT2D eigenvalue weighted by atomic mass is 16.1. The number of carbonyl (C=O) groups excluding carboxylic acids is 1. The Hall–Kier alpha value is -2.03. The number of carbonyl (C=O) groups is 1. The zero-order chi connectivity index (χ0) is 14.0. The van der Waals surface area contributed by atoms with Crippen LogP contribution in [-0.2, 0) is 11.2 Å². The lowest BCUT2D eigenvalue weighted by Gasteiger charge is -2.10. The fourth-order valence-corrected chi connectivity index (χ4v) is 2.09. The van der Waals surface area contributed by atoms with Gasteiger partial charge in [-0.25, -0.2) is 9.97 Å². The van der Waals surface area contributed by atoms with Gasteiger partial charge in [-0.15, -0.1) is 0 Å². The van der Waals surface area contributed by atoms with E-state index in [9.17, 15) is 4.79 Å². The van der Waals surface area contributed by atoms with Crippen LogP contribution in [0, 0.1) is 20.8 Å². The molecule has 0 aliphatic carbocycles. The van der Waals surface area contributed by atoms with Gasteiger partial charge in [0.2, 0.25) is 0 Å². The first kappa shape index (κ1) is 13.4. The van der Waals surface area contributed by atoms with Crippen molar-refractivity contribution >= 4 is 5.78 Å². The predicted octanol–water partition coefficient (Wildman–Crippen LogP) is 3.20. The van der Waals surface area contributed by atoms with Crippen LogP contribution in [0.2, 0.25) is 0 Å². The van der Waals surface area contributed by atoms with E-state index in [0.717, 1.165) is 11.3 Å². The minimum atomic E-state index is 0.0777. The first-order valence-electron chi connectivity index (χ1n) is 6.37. The van der Waals surface area contributed by atoms with E-state index in [1.807, 2.05) is 6.07 Å². The van der Waals surface area contributed by atoms with E-state index in [4.69, 9.17) is 0 Å². The average molecular weight is 254 g/mol. The molecule has 0 spiro atoms. The molecule has 0 aliphatic rings. The molecule has 0 aliphatic heterocycles. The van der Waals surface area contributed by atoms with E-state index in [-0.39, 0.29) is 12.2 Å². The van der Waals surface area contributed by atoms with Crippen molar-refractivity contribution < 1.29 is 4.79 Å². The third kappa shape index (κ3) is 3.05. The maximum atomic E-state index is 11.1. The molecule has 3 heteroatoms. The first-order chi connectivity index (χ1) is 8.97. The van der Waals surface area contributed by atoms with Crippen molar-refractivity contribution in [3.8, 4) is 11.3 Å². The van der Waals surface area contributed by atoms with Crippen molar-refractivity contribution in [1.29, 1.82) is 0 Å².